The predicted molar refractivity (Wildman–Crippen MR) is 173 cm³/mol. The van der Waals surface area contributed by atoms with E-state index >= 15 is 0 Å². The molecule has 11 nitrogen and oxygen atoms in total. The van der Waals surface area contributed by atoms with Crippen molar-refractivity contribution in [3.05, 3.63) is 48.6 Å². The zero-order chi connectivity index (χ0) is 32.6. The number of carbonyl (C=O) groups excluding carboxylic acids is 1. The van der Waals surface area contributed by atoms with E-state index in [0.29, 0.717) is 58.9 Å². The van der Waals surface area contributed by atoms with Crippen LogP contribution >= 0.6 is 0 Å². The lowest BCUT2D eigenvalue weighted by atomic mass is 9.89. The normalized spacial score (nSPS) is 22.0. The Hall–Kier alpha value is -3.91. The van der Waals surface area contributed by atoms with Gasteiger partial charge in [-0.3, -0.25) is 4.79 Å². The number of hydrogen-bond acceptors (Lipinski definition) is 10. The van der Waals surface area contributed by atoms with Gasteiger partial charge in [0.15, 0.2) is 5.83 Å². The van der Waals surface area contributed by atoms with Crippen LogP contribution in [0.2, 0.25) is 0 Å². The van der Waals surface area contributed by atoms with Crippen LogP contribution in [0, 0.1) is 5.92 Å². The zero-order valence-corrected chi connectivity index (χ0v) is 26.9. The average Bonchev–Trinajstić information content (AvgIpc) is 2.97. The molecule has 4 heterocycles. The number of aromatic nitrogens is 3. The van der Waals surface area contributed by atoms with Gasteiger partial charge in [0, 0.05) is 79.2 Å². The van der Waals surface area contributed by atoms with Crippen LogP contribution in [0.3, 0.4) is 0 Å². The number of fused-ring (bicyclic) bond motifs is 1. The number of piperidine rings is 1. The Balaban J connectivity index is 1.52. The molecular weight excluding hydrogens is 604 g/mol. The van der Waals surface area contributed by atoms with Crippen LogP contribution in [-0.4, -0.2) is 86.3 Å². The Kier molecular flexibility index (Phi) is 9.26. The first-order valence-corrected chi connectivity index (χ1v) is 16.9. The second-order valence-corrected chi connectivity index (χ2v) is 14.3. The number of sulfone groups is 1. The first-order chi connectivity index (χ1) is 21.3. The zero-order valence-electron chi connectivity index (χ0n) is 26.0. The highest BCUT2D eigenvalue weighted by atomic mass is 32.2. The van der Waals surface area contributed by atoms with Crippen molar-refractivity contribution in [2.75, 3.05) is 59.2 Å². The standard InChI is InChI=1S/C31H39F2N7O4S/c1-17(2)28-24(37-30(41)18(3)32)12-25(40-14-20(19(40)4)16-45(6,42)43)22-13-35-31(38-29(22)28)36-21-7-9-34-27(11-21)39-10-8-26(44-5)23(33)15-39/h7,9,11-13,17,19-20,23,26H,3,8,10,14-16H2,1-2,4-6H3,(H,37,41)(H,34,35,36,38)/t19-,20-,23+,26-/m1/s1. The Labute approximate surface area is 262 Å². The van der Waals surface area contributed by atoms with Gasteiger partial charge in [0.25, 0.3) is 5.91 Å². The fourth-order valence-electron chi connectivity index (χ4n) is 6.11. The molecular formula is C31H39F2N7O4S. The molecule has 0 saturated carbocycles. The van der Waals surface area contributed by atoms with E-state index in [9.17, 15) is 22.0 Å². The van der Waals surface area contributed by atoms with Crippen LogP contribution in [0.1, 0.15) is 38.7 Å². The molecule has 0 spiro atoms. The molecule has 2 saturated heterocycles. The number of benzene rings is 1. The molecule has 242 valence electrons. The van der Waals surface area contributed by atoms with E-state index in [1.54, 1.807) is 30.6 Å². The molecule has 5 rings (SSSR count). The fraction of sp³-hybridized carbons (Fsp3) is 0.484. The number of methoxy groups -OCH3 is 1. The van der Waals surface area contributed by atoms with E-state index in [4.69, 9.17) is 9.72 Å². The highest BCUT2D eigenvalue weighted by Gasteiger charge is 2.39. The third kappa shape index (κ3) is 7.01. The molecule has 1 aromatic carbocycles. The molecule has 2 aliphatic rings. The van der Waals surface area contributed by atoms with Gasteiger partial charge in [-0.05, 0) is 31.4 Å². The molecule has 0 bridgehead atoms. The van der Waals surface area contributed by atoms with Crippen LogP contribution in [-0.2, 0) is 19.4 Å². The topological polar surface area (TPSA) is 130 Å². The minimum Gasteiger partial charge on any atom is -0.378 e. The molecule has 0 unspecified atom stereocenters. The molecule has 2 aromatic heterocycles. The number of anilines is 5. The third-order valence-electron chi connectivity index (χ3n) is 8.50. The number of carbonyl (C=O) groups is 1. The summed E-state index contributed by atoms with van der Waals surface area (Å²) >= 11 is 0. The van der Waals surface area contributed by atoms with Gasteiger partial charge < -0.3 is 25.2 Å². The van der Waals surface area contributed by atoms with Crippen LogP contribution in [0.25, 0.3) is 10.9 Å². The predicted octanol–water partition coefficient (Wildman–Crippen LogP) is 4.75. The summed E-state index contributed by atoms with van der Waals surface area (Å²) in [5.41, 5.74) is 2.96. The first-order valence-electron chi connectivity index (χ1n) is 14.8. The maximum atomic E-state index is 14.6. The molecule has 2 aliphatic heterocycles. The van der Waals surface area contributed by atoms with Gasteiger partial charge in [-0.15, -0.1) is 0 Å². The van der Waals surface area contributed by atoms with Crippen LogP contribution in [0.4, 0.5) is 37.6 Å². The second kappa shape index (κ2) is 12.8. The number of halogens is 2. The van der Waals surface area contributed by atoms with Crippen LogP contribution < -0.4 is 20.4 Å². The van der Waals surface area contributed by atoms with Crippen molar-refractivity contribution in [2.45, 2.75) is 51.4 Å². The van der Waals surface area contributed by atoms with Crippen molar-refractivity contribution in [3.8, 4) is 0 Å². The lowest BCUT2D eigenvalue weighted by Gasteiger charge is -2.48. The molecule has 2 N–H and O–H groups in total. The molecule has 1 amide bonds. The maximum Gasteiger partial charge on any atom is 0.283 e. The van der Waals surface area contributed by atoms with Gasteiger partial charge in [0.1, 0.15) is 21.8 Å². The summed E-state index contributed by atoms with van der Waals surface area (Å²) in [6.07, 6.45) is 3.52. The molecule has 45 heavy (non-hydrogen) atoms. The number of alkyl halides is 1. The SMILES string of the molecule is C=C(F)C(=O)Nc1cc(N2C[C@H](CS(C)(=O)=O)[C@H]2C)c2cnc(Nc3ccnc(N4CC[C@@H](OC)[C@@H](F)C4)c3)nc2c1C(C)C. The van der Waals surface area contributed by atoms with E-state index < -0.39 is 33.8 Å². The number of ether oxygens (including phenoxy) is 1. The molecule has 0 aliphatic carbocycles. The van der Waals surface area contributed by atoms with E-state index in [-0.39, 0.29) is 36.1 Å². The highest BCUT2D eigenvalue weighted by Crippen LogP contribution is 2.42. The summed E-state index contributed by atoms with van der Waals surface area (Å²) < 4.78 is 57.6. The Morgan fingerprint density at radius 2 is 2.00 bits per heavy atom. The number of rotatable bonds is 10. The lowest BCUT2D eigenvalue weighted by Crippen LogP contribution is -2.57. The van der Waals surface area contributed by atoms with Crippen molar-refractivity contribution < 1.29 is 26.7 Å². The summed E-state index contributed by atoms with van der Waals surface area (Å²) in [5, 5.41) is 6.57. The Morgan fingerprint density at radius 1 is 1.24 bits per heavy atom. The van der Waals surface area contributed by atoms with Gasteiger partial charge in [0.05, 0.1) is 29.6 Å². The third-order valence-corrected chi connectivity index (χ3v) is 9.54. The van der Waals surface area contributed by atoms with Crippen LogP contribution in [0.15, 0.2) is 43.0 Å². The molecule has 0 radical (unpaired) electrons. The van der Waals surface area contributed by atoms with E-state index in [2.05, 4.69) is 27.2 Å². The molecule has 14 heteroatoms. The van der Waals surface area contributed by atoms with Crippen molar-refractivity contribution >= 4 is 55.5 Å². The van der Waals surface area contributed by atoms with E-state index in [1.807, 2.05) is 30.6 Å². The van der Waals surface area contributed by atoms with Crippen LogP contribution in [0.5, 0.6) is 0 Å². The second-order valence-electron chi connectivity index (χ2n) is 12.1. The van der Waals surface area contributed by atoms with E-state index in [1.165, 1.54) is 13.4 Å². The number of amides is 1. The first kappa shape index (κ1) is 32.5. The van der Waals surface area contributed by atoms with Crippen molar-refractivity contribution in [2.24, 2.45) is 5.92 Å². The average molecular weight is 644 g/mol. The summed E-state index contributed by atoms with van der Waals surface area (Å²) in [6.45, 7) is 10.2. The van der Waals surface area contributed by atoms with Crippen molar-refractivity contribution in [3.63, 3.8) is 0 Å². The maximum absolute atomic E-state index is 14.6. The number of pyridine rings is 1. The van der Waals surface area contributed by atoms with Gasteiger partial charge in [0.2, 0.25) is 5.95 Å². The quantitative estimate of drug-likeness (QED) is 0.299. The minimum atomic E-state index is -3.17. The van der Waals surface area contributed by atoms with Gasteiger partial charge in [-0.25, -0.2) is 32.2 Å². The minimum absolute atomic E-state index is 0.0623. The summed E-state index contributed by atoms with van der Waals surface area (Å²) in [6, 6.07) is 5.21. The molecule has 2 fully saturated rings. The van der Waals surface area contributed by atoms with Gasteiger partial charge >= 0.3 is 0 Å². The number of nitrogens with zero attached hydrogens (tertiary/aromatic N) is 5. The molecule has 3 aromatic rings. The van der Waals surface area contributed by atoms with E-state index in [0.717, 1.165) is 0 Å². The largest absolute Gasteiger partial charge is 0.378 e. The summed E-state index contributed by atoms with van der Waals surface area (Å²) in [5.74, 6) is -1.34. The molecule has 4 atom stereocenters. The summed E-state index contributed by atoms with van der Waals surface area (Å²) in [4.78, 5) is 30.2. The summed E-state index contributed by atoms with van der Waals surface area (Å²) in [7, 11) is -1.65. The number of hydrogen-bond donors (Lipinski definition) is 2. The Morgan fingerprint density at radius 3 is 2.62 bits per heavy atom. The fourth-order valence-corrected chi connectivity index (χ4v) is 7.27. The van der Waals surface area contributed by atoms with Gasteiger partial charge in [-0.2, -0.15) is 0 Å². The number of nitrogens with one attached hydrogen (secondary N) is 2. The smallest absolute Gasteiger partial charge is 0.283 e. The highest BCUT2D eigenvalue weighted by molar-refractivity contribution is 7.90. The van der Waals surface area contributed by atoms with Gasteiger partial charge in [-0.1, -0.05) is 20.4 Å². The van der Waals surface area contributed by atoms with Crippen molar-refractivity contribution in [1.82, 2.24) is 15.0 Å². The lowest BCUT2D eigenvalue weighted by molar-refractivity contribution is -0.114. The monoisotopic (exact) mass is 643 g/mol. The Bertz CT molecular complexity index is 1720. The van der Waals surface area contributed by atoms with Crippen molar-refractivity contribution in [1.29, 1.82) is 0 Å².